The molecule has 0 aromatic heterocycles. The number of halogens is 2. The minimum atomic E-state index is -0.311. The molecule has 2 nitrogen and oxygen atoms in total. The van der Waals surface area contributed by atoms with Crippen molar-refractivity contribution < 1.29 is 9.13 Å². The Morgan fingerprint density at radius 3 is 2.57 bits per heavy atom. The molecule has 0 aliphatic carbocycles. The maximum absolute atomic E-state index is 13.3. The zero-order valence-corrected chi connectivity index (χ0v) is 13.7. The van der Waals surface area contributed by atoms with Gasteiger partial charge < -0.3 is 10.5 Å². The highest BCUT2D eigenvalue weighted by atomic mass is 79.9. The molecule has 0 aliphatic heterocycles. The SMILES string of the molecule is CCC(N)C(Oc1ccc(F)c(Br)c1)c1ccccc1C. The third kappa shape index (κ3) is 3.83. The van der Waals surface area contributed by atoms with Gasteiger partial charge >= 0.3 is 0 Å². The van der Waals surface area contributed by atoms with Crippen molar-refractivity contribution in [2.45, 2.75) is 32.4 Å². The van der Waals surface area contributed by atoms with Crippen molar-refractivity contribution in [3.05, 3.63) is 63.9 Å². The van der Waals surface area contributed by atoms with Gasteiger partial charge in [-0.15, -0.1) is 0 Å². The Morgan fingerprint density at radius 2 is 1.95 bits per heavy atom. The highest BCUT2D eigenvalue weighted by molar-refractivity contribution is 9.10. The van der Waals surface area contributed by atoms with Crippen LogP contribution in [-0.4, -0.2) is 6.04 Å². The molecule has 0 bridgehead atoms. The lowest BCUT2D eigenvalue weighted by molar-refractivity contribution is 0.170. The van der Waals surface area contributed by atoms with Gasteiger partial charge in [-0.1, -0.05) is 31.2 Å². The molecule has 2 aromatic carbocycles. The zero-order valence-electron chi connectivity index (χ0n) is 12.1. The summed E-state index contributed by atoms with van der Waals surface area (Å²) in [6.45, 7) is 4.06. The van der Waals surface area contributed by atoms with Gasteiger partial charge in [0.25, 0.3) is 0 Å². The molecule has 0 heterocycles. The van der Waals surface area contributed by atoms with Crippen molar-refractivity contribution in [1.29, 1.82) is 0 Å². The molecule has 0 aliphatic rings. The second-order valence-corrected chi connectivity index (χ2v) is 5.90. The Kier molecular flexibility index (Phi) is 5.37. The van der Waals surface area contributed by atoms with Gasteiger partial charge in [0.1, 0.15) is 17.7 Å². The standard InChI is InChI=1S/C17H19BrFNO/c1-3-16(20)17(13-7-5-4-6-11(13)2)21-12-8-9-15(19)14(18)10-12/h4-10,16-17H,3,20H2,1-2H3. The van der Waals surface area contributed by atoms with E-state index >= 15 is 0 Å². The van der Waals surface area contributed by atoms with Gasteiger partial charge in [-0.2, -0.15) is 0 Å². The van der Waals surface area contributed by atoms with Gasteiger partial charge in [-0.05, 0) is 58.6 Å². The number of benzene rings is 2. The molecule has 2 rings (SSSR count). The van der Waals surface area contributed by atoms with Crippen LogP contribution in [0, 0.1) is 12.7 Å². The predicted molar refractivity (Wildman–Crippen MR) is 86.9 cm³/mol. The molecule has 2 aromatic rings. The minimum absolute atomic E-state index is 0.130. The summed E-state index contributed by atoms with van der Waals surface area (Å²) in [6, 6.07) is 12.5. The van der Waals surface area contributed by atoms with Crippen LogP contribution in [0.5, 0.6) is 5.75 Å². The van der Waals surface area contributed by atoms with E-state index in [4.69, 9.17) is 10.5 Å². The molecule has 2 unspecified atom stereocenters. The lowest BCUT2D eigenvalue weighted by Crippen LogP contribution is -2.32. The quantitative estimate of drug-likeness (QED) is 0.843. The maximum atomic E-state index is 13.3. The second-order valence-electron chi connectivity index (χ2n) is 5.04. The van der Waals surface area contributed by atoms with Crippen LogP contribution in [0.2, 0.25) is 0 Å². The van der Waals surface area contributed by atoms with Gasteiger partial charge in [0.15, 0.2) is 0 Å². The lowest BCUT2D eigenvalue weighted by atomic mass is 9.97. The molecule has 0 amide bonds. The van der Waals surface area contributed by atoms with Gasteiger partial charge in [-0.25, -0.2) is 4.39 Å². The number of rotatable bonds is 5. The van der Waals surface area contributed by atoms with Crippen LogP contribution >= 0.6 is 15.9 Å². The zero-order chi connectivity index (χ0) is 15.4. The van der Waals surface area contributed by atoms with E-state index in [1.165, 1.54) is 6.07 Å². The van der Waals surface area contributed by atoms with Gasteiger partial charge in [0, 0.05) is 6.04 Å². The van der Waals surface area contributed by atoms with Crippen molar-refractivity contribution in [1.82, 2.24) is 0 Å². The Bertz CT molecular complexity index is 617. The molecule has 0 radical (unpaired) electrons. The number of ether oxygens (including phenoxy) is 1. The second kappa shape index (κ2) is 7.05. The third-order valence-corrected chi connectivity index (χ3v) is 4.12. The molecule has 4 heteroatoms. The van der Waals surface area contributed by atoms with Crippen molar-refractivity contribution in [3.8, 4) is 5.75 Å². The topological polar surface area (TPSA) is 35.2 Å². The Hall–Kier alpha value is -1.39. The predicted octanol–water partition coefficient (Wildman–Crippen LogP) is 4.75. The van der Waals surface area contributed by atoms with Crippen molar-refractivity contribution in [2.75, 3.05) is 0 Å². The van der Waals surface area contributed by atoms with Crippen molar-refractivity contribution in [3.63, 3.8) is 0 Å². The normalized spacial score (nSPS) is 13.8. The molecule has 2 N–H and O–H groups in total. The van der Waals surface area contributed by atoms with E-state index in [0.29, 0.717) is 10.2 Å². The number of hydrogen-bond acceptors (Lipinski definition) is 2. The Labute approximate surface area is 133 Å². The first kappa shape index (κ1) is 16.0. The van der Waals surface area contributed by atoms with Crippen LogP contribution in [0.25, 0.3) is 0 Å². The molecule has 21 heavy (non-hydrogen) atoms. The molecule has 0 saturated carbocycles. The van der Waals surface area contributed by atoms with Gasteiger partial charge in [-0.3, -0.25) is 0 Å². The molecule has 0 spiro atoms. The molecule has 0 saturated heterocycles. The highest BCUT2D eigenvalue weighted by Crippen LogP contribution is 2.30. The van der Waals surface area contributed by atoms with Crippen LogP contribution in [0.4, 0.5) is 4.39 Å². The summed E-state index contributed by atoms with van der Waals surface area (Å²) in [5, 5.41) is 0. The van der Waals surface area contributed by atoms with Crippen LogP contribution in [0.3, 0.4) is 0 Å². The van der Waals surface area contributed by atoms with E-state index in [0.717, 1.165) is 17.5 Å². The minimum Gasteiger partial charge on any atom is -0.484 e. The summed E-state index contributed by atoms with van der Waals surface area (Å²) in [6.07, 6.45) is 0.537. The molecule has 2 atom stereocenters. The largest absolute Gasteiger partial charge is 0.484 e. The maximum Gasteiger partial charge on any atom is 0.139 e. The monoisotopic (exact) mass is 351 g/mol. The fraction of sp³-hybridized carbons (Fsp3) is 0.294. The fourth-order valence-electron chi connectivity index (χ4n) is 2.20. The molecular weight excluding hydrogens is 333 g/mol. The number of aryl methyl sites for hydroxylation is 1. The van der Waals surface area contributed by atoms with E-state index in [1.54, 1.807) is 12.1 Å². The number of hydrogen-bond donors (Lipinski definition) is 1. The van der Waals surface area contributed by atoms with Crippen molar-refractivity contribution in [2.24, 2.45) is 5.73 Å². The lowest BCUT2D eigenvalue weighted by Gasteiger charge is -2.26. The average Bonchev–Trinajstić information content (AvgIpc) is 2.48. The molecule has 112 valence electrons. The molecule has 0 fully saturated rings. The highest BCUT2D eigenvalue weighted by Gasteiger charge is 2.22. The van der Waals surface area contributed by atoms with Gasteiger partial charge in [0.2, 0.25) is 0 Å². The van der Waals surface area contributed by atoms with Crippen LogP contribution in [0.15, 0.2) is 46.9 Å². The van der Waals surface area contributed by atoms with E-state index in [2.05, 4.69) is 15.9 Å². The van der Waals surface area contributed by atoms with E-state index < -0.39 is 0 Å². The first-order valence-corrected chi connectivity index (χ1v) is 7.75. The van der Waals surface area contributed by atoms with Gasteiger partial charge in [0.05, 0.1) is 4.47 Å². The Balaban J connectivity index is 2.33. The first-order valence-electron chi connectivity index (χ1n) is 6.95. The summed E-state index contributed by atoms with van der Waals surface area (Å²) >= 11 is 3.17. The average molecular weight is 352 g/mol. The van der Waals surface area contributed by atoms with E-state index in [1.807, 2.05) is 38.1 Å². The summed E-state index contributed by atoms with van der Waals surface area (Å²) in [5.41, 5.74) is 8.42. The number of nitrogens with two attached hydrogens (primary N) is 1. The summed E-state index contributed by atoms with van der Waals surface area (Å²) < 4.78 is 19.8. The summed E-state index contributed by atoms with van der Waals surface area (Å²) in [7, 11) is 0. The summed E-state index contributed by atoms with van der Waals surface area (Å²) in [4.78, 5) is 0. The third-order valence-electron chi connectivity index (χ3n) is 3.51. The van der Waals surface area contributed by atoms with Crippen LogP contribution < -0.4 is 10.5 Å². The van der Waals surface area contributed by atoms with Crippen LogP contribution in [0.1, 0.15) is 30.6 Å². The van der Waals surface area contributed by atoms with E-state index in [-0.39, 0.29) is 18.0 Å². The smallest absolute Gasteiger partial charge is 0.139 e. The Morgan fingerprint density at radius 1 is 1.24 bits per heavy atom. The van der Waals surface area contributed by atoms with E-state index in [9.17, 15) is 4.39 Å². The van der Waals surface area contributed by atoms with Crippen molar-refractivity contribution >= 4 is 15.9 Å². The molecular formula is C17H19BrFNO. The fourth-order valence-corrected chi connectivity index (χ4v) is 2.56. The van der Waals surface area contributed by atoms with Crippen LogP contribution in [-0.2, 0) is 0 Å². The first-order chi connectivity index (χ1) is 10.0. The summed E-state index contributed by atoms with van der Waals surface area (Å²) in [5.74, 6) is 0.287.